The van der Waals surface area contributed by atoms with Crippen LogP contribution in [0.2, 0.25) is 0 Å². The van der Waals surface area contributed by atoms with E-state index in [1.165, 1.54) is 0 Å². The number of ketones is 1. The summed E-state index contributed by atoms with van der Waals surface area (Å²) in [6.07, 6.45) is 1.79. The molecule has 0 bridgehead atoms. The number of rotatable bonds is 16. The summed E-state index contributed by atoms with van der Waals surface area (Å²) in [5.74, 6) is -0.766. The standard InChI is InChI=1S/C29H48N4O4/c1-8-22(34)17-23(30)24(16-21-12-10-9-11-13-21)32-29(37)27(20(6)7)33-28(36)25(14-18(2)3)31-26(35)15-19(4)5/h9-13,18-20,23-25,27H,8,14-17,30H2,1-7H3,(H,31,35)(H,32,37)(H,33,36)/t23-,24?,25?,27?/m0/s1. The summed E-state index contributed by atoms with van der Waals surface area (Å²) < 4.78 is 0. The summed E-state index contributed by atoms with van der Waals surface area (Å²) in [6.45, 7) is 13.3. The molecule has 0 saturated carbocycles. The summed E-state index contributed by atoms with van der Waals surface area (Å²) in [5, 5.41) is 8.72. The van der Waals surface area contributed by atoms with Crippen molar-refractivity contribution in [2.24, 2.45) is 23.5 Å². The van der Waals surface area contributed by atoms with Crippen molar-refractivity contribution in [2.45, 2.75) is 105 Å². The van der Waals surface area contributed by atoms with E-state index in [1.54, 1.807) is 6.92 Å². The van der Waals surface area contributed by atoms with Gasteiger partial charge in [0.1, 0.15) is 17.9 Å². The molecule has 8 nitrogen and oxygen atoms in total. The third-order valence-corrected chi connectivity index (χ3v) is 6.20. The number of nitrogens with two attached hydrogens (primary N) is 1. The highest BCUT2D eigenvalue weighted by molar-refractivity contribution is 5.92. The van der Waals surface area contributed by atoms with Gasteiger partial charge in [0.2, 0.25) is 17.7 Å². The first-order valence-electron chi connectivity index (χ1n) is 13.5. The number of carbonyl (C=O) groups is 4. The number of nitrogens with one attached hydrogen (secondary N) is 3. The first kappa shape index (κ1) is 32.3. The molecule has 0 radical (unpaired) electrons. The fourth-order valence-electron chi connectivity index (χ4n) is 4.12. The minimum absolute atomic E-state index is 0.0298. The van der Waals surface area contributed by atoms with Gasteiger partial charge in [-0.3, -0.25) is 19.2 Å². The Hall–Kier alpha value is -2.74. The second kappa shape index (κ2) is 16.2. The molecule has 1 aromatic rings. The summed E-state index contributed by atoms with van der Waals surface area (Å²) in [4.78, 5) is 51.2. The van der Waals surface area contributed by atoms with Crippen molar-refractivity contribution in [3.63, 3.8) is 0 Å². The summed E-state index contributed by atoms with van der Waals surface area (Å²) in [6, 6.07) is 7.03. The Balaban J connectivity index is 3.06. The maximum atomic E-state index is 13.4. The Kier molecular flexibility index (Phi) is 14.1. The number of Topliss-reactive ketones (excluding diaryl/α,β-unsaturated/α-hetero) is 1. The molecule has 0 saturated heterocycles. The molecule has 3 unspecified atom stereocenters. The number of amides is 3. The molecule has 1 rings (SSSR count). The van der Waals surface area contributed by atoms with Gasteiger partial charge in [-0.25, -0.2) is 0 Å². The summed E-state index contributed by atoms with van der Waals surface area (Å²) in [7, 11) is 0. The lowest BCUT2D eigenvalue weighted by molar-refractivity contribution is -0.133. The first-order valence-corrected chi connectivity index (χ1v) is 13.5. The molecule has 0 aliphatic heterocycles. The lowest BCUT2D eigenvalue weighted by atomic mass is 9.94. The molecule has 37 heavy (non-hydrogen) atoms. The van der Waals surface area contributed by atoms with Crippen molar-refractivity contribution in [3.8, 4) is 0 Å². The van der Waals surface area contributed by atoms with E-state index in [1.807, 2.05) is 71.9 Å². The topological polar surface area (TPSA) is 130 Å². The van der Waals surface area contributed by atoms with Crippen LogP contribution >= 0.6 is 0 Å². The van der Waals surface area contributed by atoms with Crippen LogP contribution < -0.4 is 21.7 Å². The third kappa shape index (κ3) is 12.4. The average Bonchev–Trinajstić information content (AvgIpc) is 2.80. The highest BCUT2D eigenvalue weighted by atomic mass is 16.2. The van der Waals surface area contributed by atoms with Gasteiger partial charge in [-0.1, -0.05) is 78.8 Å². The maximum absolute atomic E-state index is 13.4. The molecule has 0 fully saturated rings. The van der Waals surface area contributed by atoms with Gasteiger partial charge in [-0.15, -0.1) is 0 Å². The van der Waals surface area contributed by atoms with Crippen LogP contribution in [0.1, 0.15) is 79.7 Å². The van der Waals surface area contributed by atoms with Crippen LogP contribution in [0.15, 0.2) is 30.3 Å². The van der Waals surface area contributed by atoms with Crippen LogP contribution in [0, 0.1) is 17.8 Å². The molecule has 0 heterocycles. The van der Waals surface area contributed by atoms with Crippen LogP contribution in [0.5, 0.6) is 0 Å². The van der Waals surface area contributed by atoms with Crippen LogP contribution in [0.3, 0.4) is 0 Å². The fourth-order valence-corrected chi connectivity index (χ4v) is 4.12. The number of benzene rings is 1. The predicted octanol–water partition coefficient (Wildman–Crippen LogP) is 3.13. The lowest BCUT2D eigenvalue weighted by Gasteiger charge is -2.30. The highest BCUT2D eigenvalue weighted by Gasteiger charge is 2.32. The lowest BCUT2D eigenvalue weighted by Crippen LogP contribution is -2.59. The minimum atomic E-state index is -0.823. The molecule has 3 amide bonds. The van der Waals surface area contributed by atoms with E-state index in [0.29, 0.717) is 25.7 Å². The molecular formula is C29H48N4O4. The molecule has 4 atom stereocenters. The van der Waals surface area contributed by atoms with Crippen molar-refractivity contribution >= 4 is 23.5 Å². The molecular weight excluding hydrogens is 468 g/mol. The van der Waals surface area contributed by atoms with Crippen molar-refractivity contribution in [2.75, 3.05) is 0 Å². The van der Waals surface area contributed by atoms with Gasteiger partial charge >= 0.3 is 0 Å². The van der Waals surface area contributed by atoms with Crippen LogP contribution in [-0.2, 0) is 25.6 Å². The Bertz CT molecular complexity index is 870. The zero-order valence-electron chi connectivity index (χ0n) is 23.7. The molecule has 0 aliphatic carbocycles. The Labute approximate surface area is 222 Å². The van der Waals surface area contributed by atoms with Crippen LogP contribution in [0.4, 0.5) is 0 Å². The summed E-state index contributed by atoms with van der Waals surface area (Å²) in [5.41, 5.74) is 7.38. The second-order valence-corrected chi connectivity index (χ2v) is 11.1. The van der Waals surface area contributed by atoms with Gasteiger partial charge in [0.25, 0.3) is 0 Å². The van der Waals surface area contributed by atoms with E-state index in [-0.39, 0.29) is 47.7 Å². The fraction of sp³-hybridized carbons (Fsp3) is 0.655. The first-order chi connectivity index (χ1) is 17.3. The van der Waals surface area contributed by atoms with Gasteiger partial charge in [-0.2, -0.15) is 0 Å². The summed E-state index contributed by atoms with van der Waals surface area (Å²) >= 11 is 0. The molecule has 0 aromatic heterocycles. The van der Waals surface area contributed by atoms with E-state index in [4.69, 9.17) is 5.73 Å². The van der Waals surface area contributed by atoms with E-state index in [9.17, 15) is 19.2 Å². The molecule has 208 valence electrons. The Morgan fingerprint density at radius 2 is 1.43 bits per heavy atom. The van der Waals surface area contributed by atoms with Crippen LogP contribution in [-0.4, -0.2) is 47.7 Å². The van der Waals surface area contributed by atoms with Gasteiger partial charge in [0.05, 0.1) is 0 Å². The van der Waals surface area contributed by atoms with E-state index in [2.05, 4.69) is 16.0 Å². The van der Waals surface area contributed by atoms with Crippen molar-refractivity contribution in [1.82, 2.24) is 16.0 Å². The predicted molar refractivity (Wildman–Crippen MR) is 148 cm³/mol. The molecule has 8 heteroatoms. The quantitative estimate of drug-likeness (QED) is 0.268. The van der Waals surface area contributed by atoms with Crippen molar-refractivity contribution < 1.29 is 19.2 Å². The van der Waals surface area contributed by atoms with E-state index < -0.39 is 24.2 Å². The molecule has 0 aliphatic rings. The van der Waals surface area contributed by atoms with E-state index in [0.717, 1.165) is 5.56 Å². The normalized spacial score (nSPS) is 14.7. The van der Waals surface area contributed by atoms with Gasteiger partial charge in [0.15, 0.2) is 0 Å². The number of hydrogen-bond acceptors (Lipinski definition) is 5. The SMILES string of the molecule is CCC(=O)C[C@H](N)C(Cc1ccccc1)NC(=O)C(NC(=O)C(CC(C)C)NC(=O)CC(C)C)C(C)C. The molecule has 1 aromatic carbocycles. The maximum Gasteiger partial charge on any atom is 0.243 e. The average molecular weight is 517 g/mol. The van der Waals surface area contributed by atoms with Gasteiger partial charge in [-0.05, 0) is 36.2 Å². The largest absolute Gasteiger partial charge is 0.350 e. The van der Waals surface area contributed by atoms with Gasteiger partial charge < -0.3 is 21.7 Å². The monoisotopic (exact) mass is 516 g/mol. The molecule has 0 spiro atoms. The Morgan fingerprint density at radius 1 is 0.811 bits per heavy atom. The minimum Gasteiger partial charge on any atom is -0.350 e. The zero-order chi connectivity index (χ0) is 28.1. The smallest absolute Gasteiger partial charge is 0.243 e. The number of hydrogen-bond donors (Lipinski definition) is 4. The van der Waals surface area contributed by atoms with Crippen molar-refractivity contribution in [1.29, 1.82) is 0 Å². The van der Waals surface area contributed by atoms with E-state index >= 15 is 0 Å². The van der Waals surface area contributed by atoms with Gasteiger partial charge in [0, 0.05) is 31.3 Å². The molecule has 5 N–H and O–H groups in total. The number of carbonyl (C=O) groups excluding carboxylic acids is 4. The Morgan fingerprint density at radius 3 is 1.95 bits per heavy atom. The second-order valence-electron chi connectivity index (χ2n) is 11.1. The van der Waals surface area contributed by atoms with Crippen LogP contribution in [0.25, 0.3) is 0 Å². The van der Waals surface area contributed by atoms with Crippen molar-refractivity contribution in [3.05, 3.63) is 35.9 Å². The zero-order valence-corrected chi connectivity index (χ0v) is 23.7. The third-order valence-electron chi connectivity index (χ3n) is 6.20. The highest BCUT2D eigenvalue weighted by Crippen LogP contribution is 2.12.